The lowest BCUT2D eigenvalue weighted by Gasteiger charge is -2.26. The first-order valence-corrected chi connectivity index (χ1v) is 7.71. The monoisotopic (exact) mass is 363 g/mol. The van der Waals surface area contributed by atoms with Crippen LogP contribution in [0.3, 0.4) is 0 Å². The van der Waals surface area contributed by atoms with Crippen molar-refractivity contribution < 1.29 is 22.7 Å². The molecule has 26 heavy (non-hydrogen) atoms. The molecule has 1 amide bonds. The van der Waals surface area contributed by atoms with Gasteiger partial charge in [-0.2, -0.15) is 8.78 Å². The van der Waals surface area contributed by atoms with Crippen molar-refractivity contribution >= 4 is 11.9 Å². The van der Waals surface area contributed by atoms with Crippen LogP contribution < -0.4 is 10.5 Å². The Hall–Kier alpha value is -3.03. The van der Waals surface area contributed by atoms with E-state index < -0.39 is 23.9 Å². The van der Waals surface area contributed by atoms with Gasteiger partial charge in [0.1, 0.15) is 11.6 Å². The Morgan fingerprint density at radius 3 is 2.27 bits per heavy atom. The number of benzene rings is 2. The lowest BCUT2D eigenvalue weighted by molar-refractivity contribution is -0.129. The summed E-state index contributed by atoms with van der Waals surface area (Å²) in [5.41, 5.74) is 5.56. The van der Waals surface area contributed by atoms with Crippen LogP contribution >= 0.6 is 0 Å². The third kappa shape index (κ3) is 2.77. The predicted molar refractivity (Wildman–Crippen MR) is 89.4 cm³/mol. The van der Waals surface area contributed by atoms with Gasteiger partial charge in [0.05, 0.1) is 0 Å². The summed E-state index contributed by atoms with van der Waals surface area (Å²) >= 11 is 0. The van der Waals surface area contributed by atoms with E-state index in [2.05, 4.69) is 9.73 Å². The molecule has 1 heterocycles. The van der Waals surface area contributed by atoms with Crippen molar-refractivity contribution in [3.63, 3.8) is 0 Å². The van der Waals surface area contributed by atoms with Gasteiger partial charge in [0, 0.05) is 7.05 Å². The van der Waals surface area contributed by atoms with Crippen molar-refractivity contribution in [2.24, 2.45) is 10.7 Å². The van der Waals surface area contributed by atoms with E-state index in [0.29, 0.717) is 16.7 Å². The molecule has 0 saturated heterocycles. The molecule has 5 nitrogen and oxygen atoms in total. The maximum absolute atomic E-state index is 13.3. The summed E-state index contributed by atoms with van der Waals surface area (Å²) in [6, 6.07) is 9.69. The first kappa shape index (κ1) is 17.8. The minimum atomic E-state index is -2.96. The molecule has 136 valence electrons. The summed E-state index contributed by atoms with van der Waals surface area (Å²) in [6.45, 7) is -1.38. The van der Waals surface area contributed by atoms with Crippen molar-refractivity contribution in [2.75, 3.05) is 7.05 Å². The molecule has 0 aliphatic carbocycles. The average molecular weight is 363 g/mol. The van der Waals surface area contributed by atoms with Gasteiger partial charge in [-0.1, -0.05) is 18.2 Å². The predicted octanol–water partition coefficient (Wildman–Crippen LogP) is 2.77. The standard InChI is InChI=1S/C18H16F3N3O2/c1-10-9-12(5-8-14(10)26-16(20)21)18(11-3-6-13(19)7-4-11)15(25)24(2)17(22)23-18/h3-9,16H,1-2H3,(H2,22,23)/t18-/m1/s1. The van der Waals surface area contributed by atoms with Gasteiger partial charge < -0.3 is 10.5 Å². The molecule has 0 saturated carbocycles. The van der Waals surface area contributed by atoms with Gasteiger partial charge in [0.25, 0.3) is 5.91 Å². The Labute approximate surface area is 147 Å². The molecule has 2 N–H and O–H groups in total. The first-order chi connectivity index (χ1) is 12.3. The lowest BCUT2D eigenvalue weighted by Crippen LogP contribution is -2.41. The van der Waals surface area contributed by atoms with Crippen molar-refractivity contribution in [3.05, 3.63) is 65.0 Å². The topological polar surface area (TPSA) is 67.9 Å². The van der Waals surface area contributed by atoms with E-state index in [0.717, 1.165) is 0 Å². The molecule has 1 atom stereocenters. The van der Waals surface area contributed by atoms with Crippen LogP contribution in [-0.2, 0) is 10.3 Å². The smallest absolute Gasteiger partial charge is 0.387 e. The lowest BCUT2D eigenvalue weighted by atomic mass is 9.82. The second-order valence-electron chi connectivity index (χ2n) is 5.91. The number of carbonyl (C=O) groups excluding carboxylic acids is 1. The number of amides is 1. The SMILES string of the molecule is Cc1cc([C@@]2(c3ccc(F)cc3)N=C(N)N(C)C2=O)ccc1OC(F)F. The fourth-order valence-electron chi connectivity index (χ4n) is 2.98. The van der Waals surface area contributed by atoms with Crippen LogP contribution in [0.25, 0.3) is 0 Å². The van der Waals surface area contributed by atoms with Gasteiger partial charge in [-0.3, -0.25) is 9.69 Å². The molecular formula is C18H16F3N3O2. The zero-order valence-electron chi connectivity index (χ0n) is 14.0. The van der Waals surface area contributed by atoms with Crippen molar-refractivity contribution in [1.82, 2.24) is 4.90 Å². The number of likely N-dealkylation sites (N-methyl/N-ethyl adjacent to an activating group) is 1. The molecule has 2 aromatic carbocycles. The minimum absolute atomic E-state index is 0.00452. The zero-order chi connectivity index (χ0) is 19.1. The number of aliphatic imine (C=N–C) groups is 1. The number of hydrogen-bond acceptors (Lipinski definition) is 4. The van der Waals surface area contributed by atoms with Gasteiger partial charge in [-0.05, 0) is 47.9 Å². The van der Waals surface area contributed by atoms with Gasteiger partial charge in [0.15, 0.2) is 11.5 Å². The Morgan fingerprint density at radius 1 is 1.15 bits per heavy atom. The highest BCUT2D eigenvalue weighted by molar-refractivity contribution is 6.08. The van der Waals surface area contributed by atoms with Crippen LogP contribution in [-0.4, -0.2) is 30.4 Å². The number of nitrogens with zero attached hydrogens (tertiary/aromatic N) is 2. The second-order valence-corrected chi connectivity index (χ2v) is 5.91. The maximum Gasteiger partial charge on any atom is 0.387 e. The molecule has 0 aromatic heterocycles. The highest BCUT2D eigenvalue weighted by Gasteiger charge is 2.49. The van der Waals surface area contributed by atoms with E-state index in [-0.39, 0.29) is 11.7 Å². The zero-order valence-corrected chi connectivity index (χ0v) is 14.0. The number of alkyl halides is 2. The number of carbonyl (C=O) groups is 1. The van der Waals surface area contributed by atoms with E-state index in [1.54, 1.807) is 6.92 Å². The Balaban J connectivity index is 2.19. The van der Waals surface area contributed by atoms with E-state index >= 15 is 0 Å². The summed E-state index contributed by atoms with van der Waals surface area (Å²) in [5.74, 6) is -0.890. The number of hydrogen-bond donors (Lipinski definition) is 1. The normalized spacial score (nSPS) is 19.8. The summed E-state index contributed by atoms with van der Waals surface area (Å²) in [6.07, 6.45) is 0. The molecule has 1 aliphatic rings. The summed E-state index contributed by atoms with van der Waals surface area (Å²) in [7, 11) is 1.48. The fraction of sp³-hybridized carbons (Fsp3) is 0.222. The van der Waals surface area contributed by atoms with E-state index in [4.69, 9.17) is 5.73 Å². The molecule has 0 radical (unpaired) electrons. The highest BCUT2D eigenvalue weighted by Crippen LogP contribution is 2.40. The quantitative estimate of drug-likeness (QED) is 0.908. The van der Waals surface area contributed by atoms with Crippen LogP contribution in [0.4, 0.5) is 13.2 Å². The van der Waals surface area contributed by atoms with Crippen LogP contribution in [0.1, 0.15) is 16.7 Å². The van der Waals surface area contributed by atoms with Crippen molar-refractivity contribution in [3.8, 4) is 5.75 Å². The number of halogens is 3. The van der Waals surface area contributed by atoms with E-state index in [1.165, 1.54) is 54.4 Å². The summed E-state index contributed by atoms with van der Waals surface area (Å²) < 4.78 is 42.8. The fourth-order valence-corrected chi connectivity index (χ4v) is 2.98. The third-order valence-corrected chi connectivity index (χ3v) is 4.31. The molecule has 0 unspecified atom stereocenters. The second kappa shape index (κ2) is 6.36. The van der Waals surface area contributed by atoms with Crippen molar-refractivity contribution in [2.45, 2.75) is 19.1 Å². The Bertz CT molecular complexity index is 884. The van der Waals surface area contributed by atoms with Crippen LogP contribution in [0.5, 0.6) is 5.75 Å². The molecule has 0 fully saturated rings. The number of nitrogens with two attached hydrogens (primary N) is 1. The summed E-state index contributed by atoms with van der Waals surface area (Å²) in [5, 5.41) is 0. The molecule has 3 rings (SSSR count). The van der Waals surface area contributed by atoms with E-state index in [9.17, 15) is 18.0 Å². The molecule has 8 heteroatoms. The number of aryl methyl sites for hydroxylation is 1. The molecule has 0 bridgehead atoms. The largest absolute Gasteiger partial charge is 0.435 e. The molecule has 0 spiro atoms. The molecule has 2 aromatic rings. The Kier molecular flexibility index (Phi) is 4.35. The number of rotatable bonds is 4. The van der Waals surface area contributed by atoms with Gasteiger partial charge in [-0.25, -0.2) is 9.38 Å². The Morgan fingerprint density at radius 2 is 1.77 bits per heavy atom. The number of ether oxygens (including phenoxy) is 1. The third-order valence-electron chi connectivity index (χ3n) is 4.31. The van der Waals surface area contributed by atoms with Gasteiger partial charge >= 0.3 is 6.61 Å². The maximum atomic E-state index is 13.3. The highest BCUT2D eigenvalue weighted by atomic mass is 19.3. The van der Waals surface area contributed by atoms with Crippen LogP contribution in [0, 0.1) is 12.7 Å². The van der Waals surface area contributed by atoms with Crippen molar-refractivity contribution in [1.29, 1.82) is 0 Å². The minimum Gasteiger partial charge on any atom is -0.435 e. The van der Waals surface area contributed by atoms with Crippen LogP contribution in [0.2, 0.25) is 0 Å². The average Bonchev–Trinajstić information content (AvgIpc) is 2.82. The summed E-state index contributed by atoms with van der Waals surface area (Å²) in [4.78, 5) is 18.5. The molecular weight excluding hydrogens is 347 g/mol. The first-order valence-electron chi connectivity index (χ1n) is 7.71. The molecule has 1 aliphatic heterocycles. The van der Waals surface area contributed by atoms with Gasteiger partial charge in [0.2, 0.25) is 0 Å². The van der Waals surface area contributed by atoms with Gasteiger partial charge in [-0.15, -0.1) is 0 Å². The number of guanidine groups is 1. The van der Waals surface area contributed by atoms with E-state index in [1.807, 2.05) is 0 Å². The van der Waals surface area contributed by atoms with Crippen LogP contribution in [0.15, 0.2) is 47.5 Å².